The Balaban J connectivity index is 1.40. The molecule has 1 aliphatic carbocycles. The second-order valence-electron chi connectivity index (χ2n) is 7.40. The molecule has 0 bridgehead atoms. The van der Waals surface area contributed by atoms with Crippen molar-refractivity contribution in [1.82, 2.24) is 4.90 Å². The highest BCUT2D eigenvalue weighted by Crippen LogP contribution is 2.40. The minimum absolute atomic E-state index is 0.173. The molecule has 4 rings (SSSR count). The van der Waals surface area contributed by atoms with Crippen LogP contribution < -0.4 is 9.47 Å². The smallest absolute Gasteiger partial charge is 0.407 e. The maximum Gasteiger partial charge on any atom is 0.407 e. The van der Waals surface area contributed by atoms with E-state index in [1.807, 2.05) is 31.2 Å². The van der Waals surface area contributed by atoms with Gasteiger partial charge in [0.15, 0.2) is 0 Å². The first-order chi connectivity index (χ1) is 13.1. The number of carbonyl (C=O) groups is 1. The lowest BCUT2D eigenvalue weighted by atomic mass is 10.0. The summed E-state index contributed by atoms with van der Waals surface area (Å²) in [6, 6.07) is 16.3. The fourth-order valence-electron chi connectivity index (χ4n) is 4.35. The first kappa shape index (κ1) is 17.7. The maximum absolute atomic E-state index is 11.1. The zero-order chi connectivity index (χ0) is 18.8. The van der Waals surface area contributed by atoms with Gasteiger partial charge in [0, 0.05) is 13.1 Å². The summed E-state index contributed by atoms with van der Waals surface area (Å²) in [5, 5.41) is 9.14. The molecule has 1 unspecified atom stereocenters. The van der Waals surface area contributed by atoms with E-state index in [-0.39, 0.29) is 6.10 Å². The van der Waals surface area contributed by atoms with Crippen LogP contribution in [0.2, 0.25) is 0 Å². The normalized spacial score (nSPS) is 23.9. The summed E-state index contributed by atoms with van der Waals surface area (Å²) in [6.45, 7) is 3.93. The number of hydrogen-bond donors (Lipinski definition) is 1. The van der Waals surface area contributed by atoms with Crippen molar-refractivity contribution in [3.63, 3.8) is 0 Å². The first-order valence-electron chi connectivity index (χ1n) is 9.60. The van der Waals surface area contributed by atoms with Crippen LogP contribution in [-0.4, -0.2) is 41.9 Å². The van der Waals surface area contributed by atoms with Gasteiger partial charge in [-0.05, 0) is 67.0 Å². The minimum Gasteiger partial charge on any atom is -0.494 e. The molecule has 2 aromatic rings. The summed E-state index contributed by atoms with van der Waals surface area (Å²) in [7, 11) is 0. The monoisotopic (exact) mass is 367 g/mol. The molecule has 0 spiro atoms. The van der Waals surface area contributed by atoms with Gasteiger partial charge in [0.25, 0.3) is 0 Å². The third-order valence-corrected chi connectivity index (χ3v) is 5.61. The molecule has 1 saturated heterocycles. The lowest BCUT2D eigenvalue weighted by molar-refractivity contribution is 0.144. The Bertz CT molecular complexity index is 790. The number of rotatable bonds is 5. The number of benzene rings is 2. The van der Waals surface area contributed by atoms with Crippen molar-refractivity contribution in [2.75, 3.05) is 19.7 Å². The SMILES string of the molecule is CCOc1ccc(-c2cccc(OC3C[C@@H]4CN(C(=O)O)C[C@@H]4C3)c2)cc1. The van der Waals surface area contributed by atoms with Gasteiger partial charge in [-0.1, -0.05) is 24.3 Å². The molecule has 1 heterocycles. The van der Waals surface area contributed by atoms with E-state index in [2.05, 4.69) is 24.3 Å². The molecule has 5 heteroatoms. The highest BCUT2D eigenvalue weighted by molar-refractivity contribution is 5.66. The van der Waals surface area contributed by atoms with E-state index in [0.717, 1.165) is 35.5 Å². The number of carboxylic acid groups (broad SMARTS) is 1. The van der Waals surface area contributed by atoms with Gasteiger partial charge < -0.3 is 19.5 Å². The third-order valence-electron chi connectivity index (χ3n) is 5.61. The standard InChI is InChI=1S/C22H25NO4/c1-2-26-19-8-6-15(7-9-19)16-4-3-5-20(10-16)27-21-11-17-13-23(22(24)25)14-18(17)12-21/h3-10,17-18,21H,2,11-14H2,1H3,(H,24,25)/t17-,18+,21?. The summed E-state index contributed by atoms with van der Waals surface area (Å²) in [4.78, 5) is 12.7. The largest absolute Gasteiger partial charge is 0.494 e. The Morgan fingerprint density at radius 1 is 1.04 bits per heavy atom. The zero-order valence-electron chi connectivity index (χ0n) is 15.5. The van der Waals surface area contributed by atoms with E-state index in [4.69, 9.17) is 14.6 Å². The van der Waals surface area contributed by atoms with Gasteiger partial charge in [-0.3, -0.25) is 0 Å². The van der Waals surface area contributed by atoms with Crippen molar-refractivity contribution in [2.24, 2.45) is 11.8 Å². The second-order valence-corrected chi connectivity index (χ2v) is 7.40. The van der Waals surface area contributed by atoms with Crippen LogP contribution in [0.5, 0.6) is 11.5 Å². The molecule has 2 aliphatic rings. The van der Waals surface area contributed by atoms with Crippen molar-refractivity contribution in [1.29, 1.82) is 0 Å². The Labute approximate surface area is 159 Å². The van der Waals surface area contributed by atoms with Crippen LogP contribution in [0, 0.1) is 11.8 Å². The maximum atomic E-state index is 11.1. The molecule has 1 amide bonds. The van der Waals surface area contributed by atoms with Gasteiger partial charge in [-0.2, -0.15) is 0 Å². The first-order valence-corrected chi connectivity index (χ1v) is 9.60. The molecular formula is C22H25NO4. The van der Waals surface area contributed by atoms with Crippen LogP contribution in [0.15, 0.2) is 48.5 Å². The summed E-state index contributed by atoms with van der Waals surface area (Å²) in [6.07, 6.45) is 1.24. The number of nitrogens with zero attached hydrogens (tertiary/aromatic N) is 1. The second kappa shape index (κ2) is 7.51. The van der Waals surface area contributed by atoms with Crippen LogP contribution in [0.25, 0.3) is 11.1 Å². The third kappa shape index (κ3) is 3.87. The van der Waals surface area contributed by atoms with Crippen LogP contribution in [0.1, 0.15) is 19.8 Å². The van der Waals surface area contributed by atoms with Gasteiger partial charge in [-0.15, -0.1) is 0 Å². The molecule has 2 aromatic carbocycles. The van der Waals surface area contributed by atoms with E-state index >= 15 is 0 Å². The van der Waals surface area contributed by atoms with Crippen molar-refractivity contribution in [3.05, 3.63) is 48.5 Å². The predicted molar refractivity (Wildman–Crippen MR) is 103 cm³/mol. The van der Waals surface area contributed by atoms with Gasteiger partial charge in [0.2, 0.25) is 0 Å². The van der Waals surface area contributed by atoms with Gasteiger partial charge in [0.1, 0.15) is 11.5 Å². The molecule has 2 fully saturated rings. The van der Waals surface area contributed by atoms with Crippen molar-refractivity contribution in [3.8, 4) is 22.6 Å². The molecule has 1 aliphatic heterocycles. The van der Waals surface area contributed by atoms with Crippen LogP contribution in [-0.2, 0) is 0 Å². The molecular weight excluding hydrogens is 342 g/mol. The van der Waals surface area contributed by atoms with Gasteiger partial charge in [0.05, 0.1) is 12.7 Å². The Morgan fingerprint density at radius 3 is 2.37 bits per heavy atom. The predicted octanol–water partition coefficient (Wildman–Crippen LogP) is 4.52. The van der Waals surface area contributed by atoms with Crippen molar-refractivity contribution >= 4 is 6.09 Å². The fourth-order valence-corrected chi connectivity index (χ4v) is 4.35. The van der Waals surface area contributed by atoms with E-state index in [1.54, 1.807) is 0 Å². The van der Waals surface area contributed by atoms with E-state index < -0.39 is 6.09 Å². The zero-order valence-corrected chi connectivity index (χ0v) is 15.5. The number of fused-ring (bicyclic) bond motifs is 1. The van der Waals surface area contributed by atoms with E-state index in [9.17, 15) is 4.79 Å². The quantitative estimate of drug-likeness (QED) is 0.844. The lowest BCUT2D eigenvalue weighted by Crippen LogP contribution is -2.29. The molecule has 142 valence electrons. The van der Waals surface area contributed by atoms with Gasteiger partial charge >= 0.3 is 6.09 Å². The number of amides is 1. The summed E-state index contributed by atoms with van der Waals surface area (Å²) >= 11 is 0. The van der Waals surface area contributed by atoms with Crippen molar-refractivity contribution in [2.45, 2.75) is 25.9 Å². The summed E-state index contributed by atoms with van der Waals surface area (Å²) in [5.74, 6) is 2.61. The molecule has 0 aromatic heterocycles. The molecule has 1 N–H and O–H groups in total. The molecule has 5 nitrogen and oxygen atoms in total. The molecule has 3 atom stereocenters. The summed E-state index contributed by atoms with van der Waals surface area (Å²) < 4.78 is 11.7. The highest BCUT2D eigenvalue weighted by Gasteiger charge is 2.43. The topological polar surface area (TPSA) is 59.0 Å². The molecule has 27 heavy (non-hydrogen) atoms. The Morgan fingerprint density at radius 2 is 1.74 bits per heavy atom. The van der Waals surface area contributed by atoms with Crippen LogP contribution in [0.3, 0.4) is 0 Å². The average molecular weight is 367 g/mol. The van der Waals surface area contributed by atoms with E-state index in [0.29, 0.717) is 31.5 Å². The Hall–Kier alpha value is -2.69. The number of hydrogen-bond acceptors (Lipinski definition) is 3. The molecule has 1 saturated carbocycles. The Kier molecular flexibility index (Phi) is 4.92. The lowest BCUT2D eigenvalue weighted by Gasteiger charge is -2.18. The fraction of sp³-hybridized carbons (Fsp3) is 0.409. The highest BCUT2D eigenvalue weighted by atomic mass is 16.5. The van der Waals surface area contributed by atoms with Gasteiger partial charge in [-0.25, -0.2) is 4.79 Å². The molecule has 0 radical (unpaired) electrons. The number of likely N-dealkylation sites (tertiary alicyclic amines) is 1. The number of ether oxygens (including phenoxy) is 2. The summed E-state index contributed by atoms with van der Waals surface area (Å²) in [5.41, 5.74) is 2.25. The minimum atomic E-state index is -0.801. The van der Waals surface area contributed by atoms with Crippen LogP contribution in [0.4, 0.5) is 4.79 Å². The van der Waals surface area contributed by atoms with E-state index in [1.165, 1.54) is 4.90 Å². The average Bonchev–Trinajstić information content (AvgIpc) is 3.21. The van der Waals surface area contributed by atoms with Crippen molar-refractivity contribution < 1.29 is 19.4 Å². The van der Waals surface area contributed by atoms with Crippen LogP contribution >= 0.6 is 0 Å².